The Balaban J connectivity index is 1.49. The Morgan fingerprint density at radius 2 is 1.70 bits per heavy atom. The van der Waals surface area contributed by atoms with E-state index in [0.29, 0.717) is 23.7 Å². The molecule has 23 heavy (non-hydrogen) atoms. The minimum Gasteiger partial charge on any atom is -0.200 e. The largest absolute Gasteiger partial charge is 0.276 e. The minimum absolute atomic E-state index is 0.225. The van der Waals surface area contributed by atoms with Gasteiger partial charge < -0.3 is 0 Å². The first-order chi connectivity index (χ1) is 11.0. The number of aryl methyl sites for hydroxylation is 1. The number of nitrogens with zero attached hydrogens (tertiary/aromatic N) is 1. The summed E-state index contributed by atoms with van der Waals surface area (Å²) in [6, 6.07) is 6.72. The number of nitrogens with one attached hydrogen (secondary N) is 1. The van der Waals surface area contributed by atoms with Crippen LogP contribution in [0.3, 0.4) is 0 Å². The van der Waals surface area contributed by atoms with Crippen LogP contribution in [-0.4, -0.2) is 14.6 Å². The molecule has 4 aliphatic rings. The lowest BCUT2D eigenvalue weighted by Gasteiger charge is -2.04. The Bertz CT molecular complexity index is 828. The molecule has 0 spiro atoms. The summed E-state index contributed by atoms with van der Waals surface area (Å²) in [5.74, 6) is 1.84. The summed E-state index contributed by atoms with van der Waals surface area (Å²) in [6.45, 7) is 1.92. The maximum absolute atomic E-state index is 12.2. The van der Waals surface area contributed by atoms with E-state index in [1.807, 2.05) is 6.92 Å². The van der Waals surface area contributed by atoms with Crippen molar-refractivity contribution < 1.29 is 8.42 Å². The van der Waals surface area contributed by atoms with Gasteiger partial charge in [-0.05, 0) is 42.4 Å². The molecule has 5 heteroatoms. The van der Waals surface area contributed by atoms with E-state index in [9.17, 15) is 8.42 Å². The fraction of sp³-hybridized carbons (Fsp3) is 0.278. The molecular formula is C18H18N2O2S. The van der Waals surface area contributed by atoms with Gasteiger partial charge in [0.2, 0.25) is 0 Å². The van der Waals surface area contributed by atoms with Crippen LogP contribution in [0.15, 0.2) is 70.2 Å². The number of benzene rings is 1. The lowest BCUT2D eigenvalue weighted by atomic mass is 10.1. The van der Waals surface area contributed by atoms with Crippen LogP contribution in [0.1, 0.15) is 5.56 Å². The van der Waals surface area contributed by atoms with E-state index in [1.54, 1.807) is 30.5 Å². The Hall–Kier alpha value is -2.14. The molecule has 4 aliphatic carbocycles. The number of hydrazone groups is 1. The van der Waals surface area contributed by atoms with E-state index >= 15 is 0 Å². The molecule has 2 unspecified atom stereocenters. The van der Waals surface area contributed by atoms with Crippen LogP contribution in [0.25, 0.3) is 0 Å². The number of sulfonamides is 1. The maximum atomic E-state index is 12.2. The zero-order valence-corrected chi connectivity index (χ0v) is 13.6. The normalized spacial score (nSPS) is 30.9. The molecule has 4 nitrogen and oxygen atoms in total. The number of hydrogen-bond donors (Lipinski definition) is 1. The number of allylic oxidation sites excluding steroid dienone is 6. The molecular weight excluding hydrogens is 308 g/mol. The minimum atomic E-state index is -3.61. The quantitative estimate of drug-likeness (QED) is 0.525. The van der Waals surface area contributed by atoms with E-state index in [0.717, 1.165) is 11.1 Å². The Kier molecular flexibility index (Phi) is 3.27. The molecule has 1 saturated carbocycles. The Labute approximate surface area is 136 Å². The van der Waals surface area contributed by atoms with Crippen LogP contribution in [0.4, 0.5) is 0 Å². The molecule has 0 aromatic heterocycles. The van der Waals surface area contributed by atoms with Gasteiger partial charge in [0.05, 0.1) is 11.1 Å². The highest BCUT2D eigenvalue weighted by molar-refractivity contribution is 7.89. The summed E-state index contributed by atoms with van der Waals surface area (Å²) in [6.07, 6.45) is 12.8. The van der Waals surface area contributed by atoms with Crippen molar-refractivity contribution >= 4 is 16.2 Å². The average Bonchev–Trinajstić information content (AvgIpc) is 3.26. The van der Waals surface area contributed by atoms with Gasteiger partial charge in [0, 0.05) is 5.92 Å². The summed E-state index contributed by atoms with van der Waals surface area (Å²) in [5, 5.41) is 3.99. The third-order valence-corrected chi connectivity index (χ3v) is 5.97. The third-order valence-electron chi connectivity index (χ3n) is 4.73. The van der Waals surface area contributed by atoms with Gasteiger partial charge in [-0.15, -0.1) is 0 Å². The molecule has 5 rings (SSSR count). The second kappa shape index (κ2) is 5.20. The highest BCUT2D eigenvalue weighted by atomic mass is 32.2. The SMILES string of the molecule is Cc1ccc(S(=O)(=O)N/N=C/C2=CC3C=CC4C(C=C3)C24)cc1. The topological polar surface area (TPSA) is 58.5 Å². The summed E-state index contributed by atoms with van der Waals surface area (Å²) in [5.41, 5.74) is 2.14. The zero-order chi connectivity index (χ0) is 16.0. The molecule has 4 bridgehead atoms. The molecule has 2 atom stereocenters. The molecule has 0 amide bonds. The summed E-state index contributed by atoms with van der Waals surface area (Å²) < 4.78 is 24.4. The molecule has 1 N–H and O–H groups in total. The van der Waals surface area contributed by atoms with E-state index in [2.05, 4.69) is 40.3 Å². The first-order valence-corrected chi connectivity index (χ1v) is 9.23. The van der Waals surface area contributed by atoms with Gasteiger partial charge in [-0.2, -0.15) is 13.5 Å². The van der Waals surface area contributed by atoms with Crippen LogP contribution in [0.5, 0.6) is 0 Å². The molecule has 118 valence electrons. The lowest BCUT2D eigenvalue weighted by molar-refractivity contribution is 0.584. The van der Waals surface area contributed by atoms with Gasteiger partial charge in [0.15, 0.2) is 0 Å². The molecule has 0 saturated heterocycles. The predicted molar refractivity (Wildman–Crippen MR) is 90.3 cm³/mol. The molecule has 1 fully saturated rings. The van der Waals surface area contributed by atoms with Crippen molar-refractivity contribution in [1.82, 2.24) is 4.83 Å². The van der Waals surface area contributed by atoms with Crippen molar-refractivity contribution in [2.45, 2.75) is 11.8 Å². The third kappa shape index (κ3) is 2.65. The van der Waals surface area contributed by atoms with Crippen molar-refractivity contribution in [2.75, 3.05) is 0 Å². The van der Waals surface area contributed by atoms with E-state index in [-0.39, 0.29) is 4.90 Å². The predicted octanol–water partition coefficient (Wildman–Crippen LogP) is 2.80. The second-order valence-electron chi connectivity index (χ2n) is 6.36. The van der Waals surface area contributed by atoms with Gasteiger partial charge in [0.25, 0.3) is 10.0 Å². The number of rotatable bonds is 4. The van der Waals surface area contributed by atoms with E-state index < -0.39 is 10.0 Å². The van der Waals surface area contributed by atoms with Gasteiger partial charge >= 0.3 is 0 Å². The van der Waals surface area contributed by atoms with Gasteiger partial charge in [-0.3, -0.25) is 0 Å². The Morgan fingerprint density at radius 1 is 1.04 bits per heavy atom. The van der Waals surface area contributed by atoms with Crippen molar-refractivity contribution in [3.05, 3.63) is 65.8 Å². The summed E-state index contributed by atoms with van der Waals surface area (Å²) >= 11 is 0. The lowest BCUT2D eigenvalue weighted by Crippen LogP contribution is -2.18. The van der Waals surface area contributed by atoms with Crippen LogP contribution >= 0.6 is 0 Å². The van der Waals surface area contributed by atoms with Gasteiger partial charge in [-0.25, -0.2) is 4.83 Å². The molecule has 0 heterocycles. The van der Waals surface area contributed by atoms with Crippen molar-refractivity contribution in [3.8, 4) is 0 Å². The highest BCUT2D eigenvalue weighted by Crippen LogP contribution is 2.55. The fourth-order valence-electron chi connectivity index (χ4n) is 3.39. The highest BCUT2D eigenvalue weighted by Gasteiger charge is 2.50. The molecule has 1 aromatic rings. The second-order valence-corrected chi connectivity index (χ2v) is 8.02. The van der Waals surface area contributed by atoms with Crippen LogP contribution in [-0.2, 0) is 10.0 Å². The van der Waals surface area contributed by atoms with Crippen molar-refractivity contribution in [2.24, 2.45) is 28.8 Å². The first-order valence-electron chi connectivity index (χ1n) is 7.74. The zero-order valence-electron chi connectivity index (χ0n) is 12.8. The average molecular weight is 326 g/mol. The smallest absolute Gasteiger partial charge is 0.200 e. The molecule has 0 aliphatic heterocycles. The van der Waals surface area contributed by atoms with E-state index in [1.165, 1.54) is 0 Å². The maximum Gasteiger partial charge on any atom is 0.276 e. The van der Waals surface area contributed by atoms with Gasteiger partial charge in [0.1, 0.15) is 0 Å². The van der Waals surface area contributed by atoms with Crippen molar-refractivity contribution in [3.63, 3.8) is 0 Å². The molecule has 1 aromatic carbocycles. The summed E-state index contributed by atoms with van der Waals surface area (Å²) in [4.78, 5) is 2.54. The van der Waals surface area contributed by atoms with Gasteiger partial charge in [-0.1, -0.05) is 48.1 Å². The van der Waals surface area contributed by atoms with Crippen LogP contribution < -0.4 is 4.83 Å². The van der Waals surface area contributed by atoms with Crippen molar-refractivity contribution in [1.29, 1.82) is 0 Å². The summed E-state index contributed by atoms with van der Waals surface area (Å²) in [7, 11) is -3.61. The standard InChI is InChI=1S/C18H18N2O2S/c1-12-2-6-15(7-3-12)23(21,22)20-19-11-14-10-13-4-8-16-17(9-5-13)18(14)16/h2-11,13,16-18,20H,1H3/b19-11+. The monoisotopic (exact) mass is 326 g/mol. The molecule has 0 radical (unpaired) electrons. The first kappa shape index (κ1) is 14.5. The van der Waals surface area contributed by atoms with Crippen LogP contribution in [0, 0.1) is 30.6 Å². The number of hydrogen-bond acceptors (Lipinski definition) is 3. The fourth-order valence-corrected chi connectivity index (χ4v) is 4.18. The Morgan fingerprint density at radius 3 is 2.35 bits per heavy atom. The van der Waals surface area contributed by atoms with Crippen LogP contribution in [0.2, 0.25) is 0 Å². The van der Waals surface area contributed by atoms with E-state index in [4.69, 9.17) is 0 Å².